The van der Waals surface area contributed by atoms with Gasteiger partial charge in [-0.15, -0.1) is 10.2 Å². The van der Waals surface area contributed by atoms with E-state index < -0.39 is 0 Å². The molecule has 0 bridgehead atoms. The van der Waals surface area contributed by atoms with E-state index in [1.807, 2.05) is 59.2 Å². The molecule has 0 aliphatic heterocycles. The van der Waals surface area contributed by atoms with Crippen LogP contribution in [0.1, 0.15) is 5.56 Å². The molecule has 1 amide bonds. The first kappa shape index (κ1) is 22.1. The standard InChI is InChI=1S/C24H21N5O3S/c1-32-20-13-11-19(12-14-20)29-23(17-7-3-2-4-8-17)27-28-24(29)33-16-22(31)26-25-15-18-9-5-6-10-21(18)30/h2-15,30H,16H2,1H3,(H,26,31)/b25-15+. The number of phenolic OH excluding ortho intramolecular Hbond substituents is 1. The van der Waals surface area contributed by atoms with Crippen molar-refractivity contribution in [3.05, 3.63) is 84.4 Å². The van der Waals surface area contributed by atoms with Crippen molar-refractivity contribution in [1.82, 2.24) is 20.2 Å². The van der Waals surface area contributed by atoms with Gasteiger partial charge in [-0.05, 0) is 36.4 Å². The fourth-order valence-electron chi connectivity index (χ4n) is 3.03. The minimum atomic E-state index is -0.308. The third-order valence-electron chi connectivity index (χ3n) is 4.66. The molecule has 8 nitrogen and oxygen atoms in total. The number of para-hydroxylation sites is 1. The molecule has 0 saturated heterocycles. The Morgan fingerprint density at radius 1 is 1.06 bits per heavy atom. The molecule has 0 aliphatic carbocycles. The average Bonchev–Trinajstić information content (AvgIpc) is 3.28. The summed E-state index contributed by atoms with van der Waals surface area (Å²) in [6.07, 6.45) is 1.39. The van der Waals surface area contributed by atoms with E-state index in [9.17, 15) is 9.90 Å². The Morgan fingerprint density at radius 2 is 1.79 bits per heavy atom. The van der Waals surface area contributed by atoms with Crippen LogP contribution in [0.2, 0.25) is 0 Å². The van der Waals surface area contributed by atoms with Gasteiger partial charge in [-0.25, -0.2) is 5.43 Å². The molecule has 0 radical (unpaired) electrons. The number of hydrogen-bond acceptors (Lipinski definition) is 7. The summed E-state index contributed by atoms with van der Waals surface area (Å²) in [6.45, 7) is 0. The topological polar surface area (TPSA) is 102 Å². The summed E-state index contributed by atoms with van der Waals surface area (Å²) in [7, 11) is 1.62. The predicted octanol–water partition coefficient (Wildman–Crippen LogP) is 3.89. The smallest absolute Gasteiger partial charge is 0.250 e. The lowest BCUT2D eigenvalue weighted by Gasteiger charge is -2.11. The number of methoxy groups -OCH3 is 1. The van der Waals surface area contributed by atoms with E-state index in [-0.39, 0.29) is 17.4 Å². The highest BCUT2D eigenvalue weighted by atomic mass is 32.2. The number of aromatic hydroxyl groups is 1. The fraction of sp³-hybridized carbons (Fsp3) is 0.0833. The highest BCUT2D eigenvalue weighted by Crippen LogP contribution is 2.28. The van der Waals surface area contributed by atoms with Gasteiger partial charge in [0.25, 0.3) is 5.91 Å². The second kappa shape index (κ2) is 10.5. The molecule has 9 heteroatoms. The first-order valence-corrected chi connectivity index (χ1v) is 11.0. The van der Waals surface area contributed by atoms with Gasteiger partial charge in [-0.2, -0.15) is 5.10 Å². The molecule has 33 heavy (non-hydrogen) atoms. The molecule has 1 aromatic heterocycles. The van der Waals surface area contributed by atoms with Crippen molar-refractivity contribution in [2.75, 3.05) is 12.9 Å². The second-order valence-electron chi connectivity index (χ2n) is 6.85. The number of amides is 1. The number of carbonyl (C=O) groups is 1. The predicted molar refractivity (Wildman–Crippen MR) is 128 cm³/mol. The van der Waals surface area contributed by atoms with Crippen LogP contribution < -0.4 is 10.2 Å². The number of phenols is 1. The zero-order chi connectivity index (χ0) is 23.0. The van der Waals surface area contributed by atoms with Crippen LogP contribution in [0.3, 0.4) is 0 Å². The summed E-state index contributed by atoms with van der Waals surface area (Å²) in [5.74, 6) is 1.27. The van der Waals surface area contributed by atoms with E-state index in [1.54, 1.807) is 31.4 Å². The molecule has 2 N–H and O–H groups in total. The zero-order valence-electron chi connectivity index (χ0n) is 17.8. The zero-order valence-corrected chi connectivity index (χ0v) is 18.6. The maximum atomic E-state index is 12.3. The molecule has 0 spiro atoms. The van der Waals surface area contributed by atoms with Gasteiger partial charge in [0, 0.05) is 16.8 Å². The Balaban J connectivity index is 1.51. The molecule has 4 rings (SSSR count). The molecule has 4 aromatic rings. The first-order chi connectivity index (χ1) is 16.2. The van der Waals surface area contributed by atoms with Crippen LogP contribution in [0, 0.1) is 0 Å². The van der Waals surface area contributed by atoms with Gasteiger partial charge in [0.15, 0.2) is 11.0 Å². The van der Waals surface area contributed by atoms with E-state index in [2.05, 4.69) is 20.7 Å². The van der Waals surface area contributed by atoms with E-state index in [1.165, 1.54) is 18.0 Å². The summed E-state index contributed by atoms with van der Waals surface area (Å²) >= 11 is 1.25. The van der Waals surface area contributed by atoms with Crippen LogP contribution >= 0.6 is 11.8 Å². The van der Waals surface area contributed by atoms with Gasteiger partial charge >= 0.3 is 0 Å². The van der Waals surface area contributed by atoms with Crippen LogP contribution in [0.25, 0.3) is 17.1 Å². The quantitative estimate of drug-likeness (QED) is 0.235. The Morgan fingerprint density at radius 3 is 2.52 bits per heavy atom. The number of nitrogens with zero attached hydrogens (tertiary/aromatic N) is 4. The van der Waals surface area contributed by atoms with Crippen LogP contribution in [0.4, 0.5) is 0 Å². The molecule has 3 aromatic carbocycles. The minimum absolute atomic E-state index is 0.0845. The second-order valence-corrected chi connectivity index (χ2v) is 7.79. The SMILES string of the molecule is COc1ccc(-n2c(SCC(=O)N/N=C/c3ccccc3O)nnc2-c2ccccc2)cc1. The average molecular weight is 460 g/mol. The van der Waals surface area contributed by atoms with Gasteiger partial charge in [0.2, 0.25) is 0 Å². The lowest BCUT2D eigenvalue weighted by atomic mass is 10.2. The number of benzene rings is 3. The van der Waals surface area contributed by atoms with Crippen LogP contribution in [-0.4, -0.2) is 44.9 Å². The van der Waals surface area contributed by atoms with Gasteiger partial charge in [-0.1, -0.05) is 54.2 Å². The van der Waals surface area contributed by atoms with Gasteiger partial charge in [0.1, 0.15) is 11.5 Å². The monoisotopic (exact) mass is 459 g/mol. The van der Waals surface area contributed by atoms with Crippen LogP contribution in [0.15, 0.2) is 89.1 Å². The summed E-state index contributed by atoms with van der Waals surface area (Å²) < 4.78 is 7.16. The Hall–Kier alpha value is -4.11. The lowest BCUT2D eigenvalue weighted by molar-refractivity contribution is -0.118. The van der Waals surface area contributed by atoms with Crippen molar-refractivity contribution in [2.24, 2.45) is 5.10 Å². The van der Waals surface area contributed by atoms with Crippen molar-refractivity contribution in [1.29, 1.82) is 0 Å². The van der Waals surface area contributed by atoms with E-state index in [0.29, 0.717) is 16.5 Å². The van der Waals surface area contributed by atoms with E-state index in [4.69, 9.17) is 4.74 Å². The Labute approximate surface area is 194 Å². The molecule has 0 unspecified atom stereocenters. The Kier molecular flexibility index (Phi) is 7.01. The number of hydrazone groups is 1. The van der Waals surface area contributed by atoms with Crippen LogP contribution in [-0.2, 0) is 4.79 Å². The molecule has 0 atom stereocenters. The fourth-order valence-corrected chi connectivity index (χ4v) is 3.78. The molecule has 0 fully saturated rings. The summed E-state index contributed by atoms with van der Waals surface area (Å²) in [5, 5.41) is 22.9. The number of nitrogens with one attached hydrogen (secondary N) is 1. The maximum absolute atomic E-state index is 12.3. The number of ether oxygens (including phenoxy) is 1. The van der Waals surface area contributed by atoms with Crippen molar-refractivity contribution in [2.45, 2.75) is 5.16 Å². The number of hydrogen-bond donors (Lipinski definition) is 2. The largest absolute Gasteiger partial charge is 0.507 e. The van der Waals surface area contributed by atoms with Gasteiger partial charge in [-0.3, -0.25) is 9.36 Å². The third-order valence-corrected chi connectivity index (χ3v) is 5.59. The summed E-state index contributed by atoms with van der Waals surface area (Å²) in [4.78, 5) is 12.3. The normalized spacial score (nSPS) is 10.9. The van der Waals surface area contributed by atoms with Crippen molar-refractivity contribution >= 4 is 23.9 Å². The first-order valence-electron chi connectivity index (χ1n) is 10.0. The number of thioether (sulfide) groups is 1. The molecule has 1 heterocycles. The number of carbonyl (C=O) groups excluding carboxylic acids is 1. The highest BCUT2D eigenvalue weighted by molar-refractivity contribution is 7.99. The van der Waals surface area contributed by atoms with Gasteiger partial charge < -0.3 is 9.84 Å². The van der Waals surface area contributed by atoms with Crippen molar-refractivity contribution in [3.63, 3.8) is 0 Å². The molecule has 0 saturated carbocycles. The van der Waals surface area contributed by atoms with Gasteiger partial charge in [0.05, 0.1) is 19.1 Å². The minimum Gasteiger partial charge on any atom is -0.507 e. The molecule has 166 valence electrons. The van der Waals surface area contributed by atoms with E-state index >= 15 is 0 Å². The van der Waals surface area contributed by atoms with Crippen LogP contribution in [0.5, 0.6) is 11.5 Å². The number of aromatic nitrogens is 3. The molecule has 0 aliphatic rings. The summed E-state index contributed by atoms with van der Waals surface area (Å²) in [6, 6.07) is 24.0. The number of rotatable bonds is 8. The molecular formula is C24H21N5O3S. The summed E-state index contributed by atoms with van der Waals surface area (Å²) in [5.41, 5.74) is 4.73. The maximum Gasteiger partial charge on any atom is 0.250 e. The Bertz CT molecular complexity index is 1260. The third kappa shape index (κ3) is 5.39. The van der Waals surface area contributed by atoms with Crippen molar-refractivity contribution in [3.8, 4) is 28.6 Å². The van der Waals surface area contributed by atoms with E-state index in [0.717, 1.165) is 17.0 Å². The molecular weight excluding hydrogens is 438 g/mol. The van der Waals surface area contributed by atoms with Crippen molar-refractivity contribution < 1.29 is 14.6 Å². The lowest BCUT2D eigenvalue weighted by Crippen LogP contribution is -2.20. The highest BCUT2D eigenvalue weighted by Gasteiger charge is 2.17.